The summed E-state index contributed by atoms with van der Waals surface area (Å²) in [6.07, 6.45) is 0. The molecule has 0 aliphatic rings. The van der Waals surface area contributed by atoms with Crippen molar-refractivity contribution < 1.29 is 19.3 Å². The van der Waals surface area contributed by atoms with Crippen LogP contribution in [0.3, 0.4) is 0 Å². The number of anilines is 1. The Balaban J connectivity index is 0. The fourth-order valence-electron chi connectivity index (χ4n) is 0.884. The maximum Gasteiger partial charge on any atom is 0.427 e. The Morgan fingerprint density at radius 3 is 2.19 bits per heavy atom. The van der Waals surface area contributed by atoms with Gasteiger partial charge in [0.25, 0.3) is 5.69 Å². The van der Waals surface area contributed by atoms with E-state index in [-0.39, 0.29) is 36.2 Å². The largest absolute Gasteiger partial charge is 0.427 e. The lowest BCUT2D eigenvalue weighted by Gasteiger charge is -2.07. The Bertz CT molecular complexity index is 410. The van der Waals surface area contributed by atoms with E-state index < -0.39 is 12.7 Å². The van der Waals surface area contributed by atoms with Crippen molar-refractivity contribution in [3.8, 4) is 0 Å². The number of hydrogen-bond donors (Lipinski definition) is 3. The Kier molecular flexibility index (Phi) is 7.32. The first-order valence-electron chi connectivity index (χ1n) is 3.47. The van der Waals surface area contributed by atoms with Crippen LogP contribution >= 0.6 is 32.6 Å². The average Bonchev–Trinajstić information content (AvgIpc) is 2.01. The molecule has 1 rings (SSSR count). The molecule has 7 nitrogen and oxygen atoms in total. The first-order valence-corrected chi connectivity index (χ1v) is 5.08. The number of para-hydroxylation sites is 2. The number of rotatable bonds is 3. The Morgan fingerprint density at radius 1 is 1.25 bits per heavy atom. The minimum absolute atomic E-state index is 0. The van der Waals surface area contributed by atoms with Crippen molar-refractivity contribution in [1.29, 1.82) is 0 Å². The van der Waals surface area contributed by atoms with Crippen LogP contribution in [0.1, 0.15) is 0 Å². The zero-order chi connectivity index (χ0) is 10.8. The predicted molar refractivity (Wildman–Crippen MR) is 63.3 cm³/mol. The van der Waals surface area contributed by atoms with Gasteiger partial charge >= 0.3 is 7.75 Å². The third-order valence-electron chi connectivity index (χ3n) is 1.37. The minimum Gasteiger partial charge on any atom is -0.308 e. The van der Waals surface area contributed by atoms with E-state index in [0.29, 0.717) is 0 Å². The highest BCUT2D eigenvalue weighted by Crippen LogP contribution is 2.38. The van der Waals surface area contributed by atoms with Crippen molar-refractivity contribution in [2.24, 2.45) is 0 Å². The Hall–Kier alpha value is -0.850. The summed E-state index contributed by atoms with van der Waals surface area (Å²) >= 11 is 0. The fraction of sp³-hybridized carbons (Fsp3) is 0. The minimum atomic E-state index is -4.51. The van der Waals surface area contributed by atoms with Gasteiger partial charge in [0.15, 0.2) is 0 Å². The molecule has 0 fully saturated rings. The summed E-state index contributed by atoms with van der Waals surface area (Å²) < 4.78 is 10.5. The van der Waals surface area contributed by atoms with Crippen molar-refractivity contribution in [3.05, 3.63) is 34.4 Å². The van der Waals surface area contributed by atoms with Gasteiger partial charge in [0.1, 0.15) is 5.69 Å². The molecule has 0 atom stereocenters. The number of nitrogens with one attached hydrogen (secondary N) is 1. The van der Waals surface area contributed by atoms with E-state index in [1.165, 1.54) is 18.2 Å². The van der Waals surface area contributed by atoms with Crippen LogP contribution in [0.4, 0.5) is 11.4 Å². The van der Waals surface area contributed by atoms with Crippen LogP contribution in [0.25, 0.3) is 0 Å². The molecule has 0 heterocycles. The summed E-state index contributed by atoms with van der Waals surface area (Å²) in [6.45, 7) is 0. The summed E-state index contributed by atoms with van der Waals surface area (Å²) in [6, 6.07) is 5.21. The highest BCUT2D eigenvalue weighted by molar-refractivity contribution is 7.53. The van der Waals surface area contributed by atoms with Crippen molar-refractivity contribution in [2.45, 2.75) is 0 Å². The second kappa shape index (κ2) is 6.67. The van der Waals surface area contributed by atoms with E-state index in [1.54, 1.807) is 5.09 Å². The molecule has 0 aromatic heterocycles. The van der Waals surface area contributed by atoms with E-state index in [2.05, 4.69) is 0 Å². The summed E-state index contributed by atoms with van der Waals surface area (Å²) in [5.74, 6) is 0. The van der Waals surface area contributed by atoms with Gasteiger partial charge in [0.05, 0.1) is 4.92 Å². The number of nitro groups is 1. The lowest BCUT2D eigenvalue weighted by atomic mass is 10.3. The van der Waals surface area contributed by atoms with E-state index in [1.807, 2.05) is 0 Å². The maximum atomic E-state index is 10.5. The smallest absolute Gasteiger partial charge is 0.308 e. The highest BCUT2D eigenvalue weighted by atomic mass is 35.5. The standard InChI is InChI=1S/C6H7N2O5P.2ClH/c9-8(10)6-4-2-1-3-5(6)7-14(11,12)13;;/h1-4H,(H3,7,11,12,13);2*1H. The topological polar surface area (TPSA) is 113 Å². The molecule has 0 bridgehead atoms. The van der Waals surface area contributed by atoms with Gasteiger partial charge in [-0.25, -0.2) is 4.57 Å². The van der Waals surface area contributed by atoms with Crippen molar-refractivity contribution >= 4 is 43.9 Å². The maximum absolute atomic E-state index is 10.5. The fourth-order valence-corrected chi connectivity index (χ4v) is 1.39. The molecular weight excluding hydrogens is 282 g/mol. The van der Waals surface area contributed by atoms with Crippen LogP contribution in [0.2, 0.25) is 0 Å². The highest BCUT2D eigenvalue weighted by Gasteiger charge is 2.19. The lowest BCUT2D eigenvalue weighted by Crippen LogP contribution is -1.98. The summed E-state index contributed by atoms with van der Waals surface area (Å²) in [4.78, 5) is 26.8. The van der Waals surface area contributed by atoms with Crippen LogP contribution in [0, 0.1) is 10.1 Å². The molecule has 0 amide bonds. The second-order valence-electron chi connectivity index (χ2n) is 2.43. The summed E-state index contributed by atoms with van der Waals surface area (Å²) in [7, 11) is -4.51. The molecule has 3 N–H and O–H groups in total. The zero-order valence-corrected chi connectivity index (χ0v) is 10.2. The van der Waals surface area contributed by atoms with Crippen LogP contribution in [0.15, 0.2) is 24.3 Å². The van der Waals surface area contributed by atoms with Crippen LogP contribution in [-0.2, 0) is 4.57 Å². The number of nitrogens with zero attached hydrogens (tertiary/aromatic N) is 1. The first kappa shape index (κ1) is 17.5. The molecule has 10 heteroatoms. The van der Waals surface area contributed by atoms with Gasteiger partial charge in [-0.05, 0) is 6.07 Å². The summed E-state index contributed by atoms with van der Waals surface area (Å²) in [5.41, 5.74) is -0.582. The molecule has 0 saturated heterocycles. The third-order valence-corrected chi connectivity index (χ3v) is 1.90. The van der Waals surface area contributed by atoms with Gasteiger partial charge in [0, 0.05) is 6.07 Å². The van der Waals surface area contributed by atoms with E-state index in [0.717, 1.165) is 6.07 Å². The molecule has 0 aliphatic carbocycles. The van der Waals surface area contributed by atoms with Gasteiger partial charge in [0.2, 0.25) is 0 Å². The van der Waals surface area contributed by atoms with Gasteiger partial charge in [-0.3, -0.25) is 15.2 Å². The van der Waals surface area contributed by atoms with Gasteiger partial charge in [-0.15, -0.1) is 24.8 Å². The van der Waals surface area contributed by atoms with Gasteiger partial charge < -0.3 is 9.79 Å². The van der Waals surface area contributed by atoms with Crippen LogP contribution in [-0.4, -0.2) is 14.7 Å². The third kappa shape index (κ3) is 5.29. The number of nitro benzene ring substituents is 1. The van der Waals surface area contributed by atoms with E-state index >= 15 is 0 Å². The molecule has 0 saturated carbocycles. The molecular formula is C6H9Cl2N2O5P. The van der Waals surface area contributed by atoms with Crippen molar-refractivity contribution in [2.75, 3.05) is 5.09 Å². The molecule has 0 unspecified atom stereocenters. The number of halogens is 2. The van der Waals surface area contributed by atoms with Crippen LogP contribution in [0.5, 0.6) is 0 Å². The zero-order valence-electron chi connectivity index (χ0n) is 7.64. The number of hydrogen-bond acceptors (Lipinski definition) is 3. The number of benzene rings is 1. The SMILES string of the molecule is Cl.Cl.O=[N+]([O-])c1ccccc1NP(=O)(O)O. The van der Waals surface area contributed by atoms with E-state index in [4.69, 9.17) is 9.79 Å². The molecule has 1 aromatic carbocycles. The molecule has 92 valence electrons. The average molecular weight is 291 g/mol. The molecule has 0 aliphatic heterocycles. The monoisotopic (exact) mass is 290 g/mol. The van der Waals surface area contributed by atoms with Crippen molar-refractivity contribution in [1.82, 2.24) is 0 Å². The molecule has 0 radical (unpaired) electrons. The molecule has 0 spiro atoms. The second-order valence-corrected chi connectivity index (χ2v) is 3.74. The Morgan fingerprint density at radius 2 is 1.75 bits per heavy atom. The summed E-state index contributed by atoms with van der Waals surface area (Å²) in [5, 5.41) is 12.2. The van der Waals surface area contributed by atoms with Gasteiger partial charge in [-0.1, -0.05) is 12.1 Å². The predicted octanol–water partition coefficient (Wildman–Crippen LogP) is 1.94. The van der Waals surface area contributed by atoms with Crippen LogP contribution < -0.4 is 5.09 Å². The molecule has 1 aromatic rings. The molecule has 16 heavy (non-hydrogen) atoms. The van der Waals surface area contributed by atoms with E-state index in [9.17, 15) is 14.7 Å². The van der Waals surface area contributed by atoms with Crippen molar-refractivity contribution in [3.63, 3.8) is 0 Å². The normalized spacial score (nSPS) is 9.62. The van der Waals surface area contributed by atoms with Gasteiger partial charge in [-0.2, -0.15) is 0 Å². The first-order chi connectivity index (χ1) is 6.40. The quantitative estimate of drug-likeness (QED) is 0.445. The lowest BCUT2D eigenvalue weighted by molar-refractivity contribution is -0.383. The Labute approximate surface area is 103 Å².